The summed E-state index contributed by atoms with van der Waals surface area (Å²) in [6, 6.07) is 31.8. The molecule has 4 aliphatic rings. The highest BCUT2D eigenvalue weighted by Gasteiger charge is 2.46. The summed E-state index contributed by atoms with van der Waals surface area (Å²) in [5.74, 6) is -1.17. The van der Waals surface area contributed by atoms with E-state index in [0.717, 1.165) is 59.8 Å². The molecule has 24 heteroatoms. The van der Waals surface area contributed by atoms with Crippen molar-refractivity contribution in [3.05, 3.63) is 131 Å². The molecule has 6 N–H and O–H groups in total. The third-order valence-electron chi connectivity index (χ3n) is 14.8. The Labute approximate surface area is 513 Å². The number of carbonyl (C=O) groups is 7. The summed E-state index contributed by atoms with van der Waals surface area (Å²) in [4.78, 5) is 97.3. The quantitative estimate of drug-likeness (QED) is 0.0804. The third kappa shape index (κ3) is 21.8. The van der Waals surface area contributed by atoms with Crippen LogP contribution in [0.25, 0.3) is 0 Å². The number of carbonyl (C=O) groups excluding carboxylic acids is 7. The molecule has 88 heavy (non-hydrogen) atoms. The van der Waals surface area contributed by atoms with E-state index in [-0.39, 0.29) is 43.3 Å². The molecule has 4 saturated heterocycles. The van der Waals surface area contributed by atoms with Crippen molar-refractivity contribution in [2.75, 3.05) is 88.3 Å². The van der Waals surface area contributed by atoms with E-state index in [1.165, 1.54) is 18.7 Å². The number of ether oxygens (including phenoxy) is 2. The summed E-state index contributed by atoms with van der Waals surface area (Å²) >= 11 is 0. The minimum atomic E-state index is -4.64. The minimum absolute atomic E-state index is 0.146. The van der Waals surface area contributed by atoms with Crippen LogP contribution in [-0.4, -0.2) is 204 Å². The van der Waals surface area contributed by atoms with Crippen molar-refractivity contribution in [1.29, 1.82) is 0 Å². The van der Waals surface area contributed by atoms with Gasteiger partial charge >= 0.3 is 18.4 Å². The van der Waals surface area contributed by atoms with Gasteiger partial charge in [0.2, 0.25) is 29.9 Å². The fourth-order valence-corrected chi connectivity index (χ4v) is 10.7. The predicted octanol–water partition coefficient (Wildman–Crippen LogP) is 5.05. The molecular weight excluding hydrogens is 1140 g/mol. The van der Waals surface area contributed by atoms with Gasteiger partial charge < -0.3 is 65.5 Å². The van der Waals surface area contributed by atoms with Crippen molar-refractivity contribution in [3.63, 3.8) is 0 Å². The van der Waals surface area contributed by atoms with E-state index in [0.29, 0.717) is 58.8 Å². The highest BCUT2D eigenvalue weighted by molar-refractivity contribution is 5.88. The van der Waals surface area contributed by atoms with Gasteiger partial charge in [0.25, 0.3) is 0 Å². The normalized spacial score (nSPS) is 18.9. The number of amides is 6. The number of anilines is 2. The molecule has 4 heterocycles. The van der Waals surface area contributed by atoms with Gasteiger partial charge in [-0.2, -0.15) is 13.2 Å². The topological polar surface area (TPSA) is 246 Å². The number of aliphatic hydroxyl groups is 2. The first-order valence-electron chi connectivity index (χ1n) is 29.8. The Morgan fingerprint density at radius 3 is 1.49 bits per heavy atom. The molecule has 6 amide bonds. The molecule has 4 fully saturated rings. The molecule has 21 nitrogen and oxygen atoms in total. The molecule has 0 radical (unpaired) electrons. The minimum Gasteiger partial charge on any atom is -0.444 e. The zero-order valence-electron chi connectivity index (χ0n) is 51.6. The fourth-order valence-electron chi connectivity index (χ4n) is 10.7. The number of piperazine rings is 4. The number of aldehydes is 1. The van der Waals surface area contributed by atoms with Crippen molar-refractivity contribution in [2.45, 2.75) is 135 Å². The molecule has 0 saturated carbocycles. The van der Waals surface area contributed by atoms with Crippen molar-refractivity contribution in [3.8, 4) is 0 Å². The summed E-state index contributed by atoms with van der Waals surface area (Å²) in [5.41, 5.74) is 4.50. The Bertz CT molecular complexity index is 2940. The third-order valence-corrected chi connectivity index (χ3v) is 14.8. The molecule has 0 spiro atoms. The number of halogens is 3. The van der Waals surface area contributed by atoms with E-state index < -0.39 is 72.0 Å². The van der Waals surface area contributed by atoms with Crippen LogP contribution in [0.15, 0.2) is 109 Å². The molecule has 0 bridgehead atoms. The number of benzene rings is 4. The Hall–Kier alpha value is -7.80. The summed E-state index contributed by atoms with van der Waals surface area (Å²) in [5, 5.41) is 35.5. The van der Waals surface area contributed by atoms with E-state index in [2.05, 4.69) is 43.2 Å². The molecule has 4 aromatic rings. The van der Waals surface area contributed by atoms with Crippen molar-refractivity contribution in [1.82, 2.24) is 40.9 Å². The van der Waals surface area contributed by atoms with Crippen LogP contribution in [0.3, 0.4) is 0 Å². The second-order valence-electron chi connectivity index (χ2n) is 24.2. The summed E-state index contributed by atoms with van der Waals surface area (Å²) in [7, 11) is 0. The number of nitrogens with zero attached hydrogens (tertiary/aromatic N) is 6. The molecular formula is C64H87F3N10O11. The molecule has 0 aliphatic carbocycles. The Morgan fingerprint density at radius 1 is 0.580 bits per heavy atom. The van der Waals surface area contributed by atoms with Crippen LogP contribution in [-0.2, 0) is 59.4 Å². The largest absolute Gasteiger partial charge is 0.446 e. The van der Waals surface area contributed by atoms with E-state index >= 15 is 0 Å². The number of hydrogen-bond acceptors (Lipinski definition) is 15. The van der Waals surface area contributed by atoms with Gasteiger partial charge in [-0.3, -0.25) is 28.9 Å². The Balaban J connectivity index is 0.000000269. The lowest BCUT2D eigenvalue weighted by atomic mass is 9.93. The first kappa shape index (κ1) is 69.3. The van der Waals surface area contributed by atoms with Crippen LogP contribution in [0.2, 0.25) is 0 Å². The lowest BCUT2D eigenvalue weighted by molar-refractivity contribution is -0.156. The van der Waals surface area contributed by atoms with Crippen LogP contribution >= 0.6 is 0 Å². The summed E-state index contributed by atoms with van der Waals surface area (Å²) in [6.07, 6.45) is -8.59. The van der Waals surface area contributed by atoms with Crippen LogP contribution in [0.1, 0.15) is 77.6 Å². The Kier molecular flexibility index (Phi) is 25.1. The highest BCUT2D eigenvalue weighted by atomic mass is 19.4. The van der Waals surface area contributed by atoms with E-state index in [9.17, 15) is 52.2 Å². The second kappa shape index (κ2) is 31.9. The van der Waals surface area contributed by atoms with Gasteiger partial charge in [-0.15, -0.1) is 0 Å². The first-order chi connectivity index (χ1) is 41.6. The summed E-state index contributed by atoms with van der Waals surface area (Å²) < 4.78 is 42.4. The highest BCUT2D eigenvalue weighted by Crippen LogP contribution is 2.27. The molecule has 4 aliphatic heterocycles. The number of aliphatic hydroxyl groups excluding tert-OH is 2. The van der Waals surface area contributed by atoms with Gasteiger partial charge in [0.05, 0.1) is 18.2 Å². The maximum Gasteiger partial charge on any atom is 0.446 e. The SMILES string of the molecule is CC(=O)N[C@@H](Cc1cccc(N2CCN(C(=O)OC(C)(C)C)CC2)c1)[C@H](O)[C@H]1C(=O)N(Cc2ccccc2)CCN1C(=O)OC(C)(C)C.CC(=O)N[C@@H](Cc1cccc(N2CCNCC2)c1)[C@H](O)[C@@H]1NCCN(Cc2ccccc2)C1=O.O=CC(F)(F)F. The molecule has 0 unspecified atom stereocenters. The molecule has 480 valence electrons. The molecule has 0 aromatic heterocycles. The number of hydrogen-bond donors (Lipinski definition) is 6. The zero-order chi connectivity index (χ0) is 64.3. The molecule has 4 aromatic carbocycles. The van der Waals surface area contributed by atoms with Gasteiger partial charge in [-0.25, -0.2) is 9.59 Å². The van der Waals surface area contributed by atoms with Crippen molar-refractivity contribution >= 4 is 53.5 Å². The Morgan fingerprint density at radius 2 is 1.02 bits per heavy atom. The lowest BCUT2D eigenvalue weighted by Gasteiger charge is -2.44. The second-order valence-corrected chi connectivity index (χ2v) is 24.2. The van der Waals surface area contributed by atoms with Crippen LogP contribution < -0.4 is 31.1 Å². The van der Waals surface area contributed by atoms with Gasteiger partial charge in [-0.1, -0.05) is 84.9 Å². The van der Waals surface area contributed by atoms with Gasteiger partial charge in [0.15, 0.2) is 0 Å². The monoisotopic (exact) mass is 1230 g/mol. The standard InChI is InChI=1S/C36H51N5O7.C26H35N5O3.C2HF3O/c1-25(42)37-29(23-27-14-11-15-28(22-27)38-16-18-39(19-17-38)33(45)47-35(2,3)4)31(43)30-32(44)40(24-26-12-9-8-10-13-26)20-21-41(30)34(46)48-36(5,6)7;1-19(32)29-23(17-21-8-5-9-22(16-21)30-13-10-27-11-14-30)25(33)24-26(34)31(15-12-28-24)18-20-6-3-2-4-7-20;3-2(4,5)1-6/h8-15,22,29-31,43H,16-21,23-24H2,1-7H3,(H,37,42);2-9,16,23-25,27-28,33H,10-15,17-18H2,1H3,(H,29,32);1H/t29-,30-,31-;23-,24-,25-;/m00./s1. The smallest absolute Gasteiger partial charge is 0.444 e. The number of rotatable bonds is 16. The maximum absolute atomic E-state index is 14.1. The number of alkyl halides is 3. The number of nitrogens with one attached hydrogen (secondary N) is 4. The predicted molar refractivity (Wildman–Crippen MR) is 327 cm³/mol. The summed E-state index contributed by atoms with van der Waals surface area (Å²) in [6.45, 7) is 22.0. The van der Waals surface area contributed by atoms with Crippen LogP contribution in [0, 0.1) is 0 Å². The lowest BCUT2D eigenvalue weighted by Crippen LogP contribution is -2.66. The van der Waals surface area contributed by atoms with Gasteiger partial charge in [-0.05, 0) is 101 Å². The van der Waals surface area contributed by atoms with Gasteiger partial charge in [0.1, 0.15) is 29.4 Å². The molecule has 6 atom stereocenters. The molecule has 8 rings (SSSR count). The van der Waals surface area contributed by atoms with Crippen molar-refractivity contribution < 1.29 is 66.4 Å². The van der Waals surface area contributed by atoms with E-state index in [1.807, 2.05) is 118 Å². The first-order valence-corrected chi connectivity index (χ1v) is 29.8. The van der Waals surface area contributed by atoms with E-state index in [4.69, 9.17) is 14.3 Å². The fraction of sp³-hybridized carbons (Fsp3) is 0.516. The zero-order valence-corrected chi connectivity index (χ0v) is 51.6. The van der Waals surface area contributed by atoms with Gasteiger partial charge in [0, 0.05) is 117 Å². The average molecular weight is 1230 g/mol. The van der Waals surface area contributed by atoms with Crippen LogP contribution in [0.4, 0.5) is 34.1 Å². The van der Waals surface area contributed by atoms with Crippen molar-refractivity contribution in [2.24, 2.45) is 0 Å². The maximum atomic E-state index is 14.1. The van der Waals surface area contributed by atoms with E-state index in [1.54, 1.807) is 35.5 Å². The average Bonchev–Trinajstić information content (AvgIpc) is 1.10. The van der Waals surface area contributed by atoms with Crippen LogP contribution in [0.5, 0.6) is 0 Å².